The molecule has 2 aromatic rings. The summed E-state index contributed by atoms with van der Waals surface area (Å²) in [7, 11) is 1.90. The maximum atomic E-state index is 12.4. The number of aromatic nitrogens is 3. The van der Waals surface area contributed by atoms with Crippen molar-refractivity contribution < 1.29 is 4.79 Å². The lowest BCUT2D eigenvalue weighted by molar-refractivity contribution is 0.0953. The highest BCUT2D eigenvalue weighted by molar-refractivity contribution is 7.13. The molecule has 6 heteroatoms. The van der Waals surface area contributed by atoms with Gasteiger partial charge in [-0.3, -0.25) is 9.48 Å². The van der Waals surface area contributed by atoms with Gasteiger partial charge in [0.15, 0.2) is 0 Å². The Morgan fingerprint density at radius 3 is 2.71 bits per heavy atom. The molecular weight excluding hydrogens is 284 g/mol. The zero-order valence-corrected chi connectivity index (χ0v) is 14.0. The molecule has 0 aromatic carbocycles. The molecule has 0 fully saturated rings. The van der Waals surface area contributed by atoms with Crippen LogP contribution in [0.25, 0.3) is 0 Å². The van der Waals surface area contributed by atoms with E-state index in [0.717, 1.165) is 33.3 Å². The number of carbonyl (C=O) groups is 1. The molecule has 21 heavy (non-hydrogen) atoms. The first-order chi connectivity index (χ1) is 9.88. The van der Waals surface area contributed by atoms with E-state index in [-0.39, 0.29) is 5.91 Å². The zero-order chi connectivity index (χ0) is 15.6. The van der Waals surface area contributed by atoms with E-state index in [4.69, 9.17) is 0 Å². The lowest BCUT2D eigenvalue weighted by Gasteiger charge is -2.06. The van der Waals surface area contributed by atoms with E-state index < -0.39 is 0 Å². The third-order valence-corrected chi connectivity index (χ3v) is 4.40. The molecule has 0 saturated heterocycles. The van der Waals surface area contributed by atoms with Gasteiger partial charge >= 0.3 is 0 Å². The fraction of sp³-hybridized carbons (Fsp3) is 0.533. The van der Waals surface area contributed by atoms with Gasteiger partial charge in [0, 0.05) is 24.8 Å². The van der Waals surface area contributed by atoms with Crippen LogP contribution in [-0.4, -0.2) is 20.7 Å². The zero-order valence-electron chi connectivity index (χ0n) is 13.2. The number of carbonyl (C=O) groups excluding carboxylic acids is 1. The van der Waals surface area contributed by atoms with Crippen molar-refractivity contribution in [3.8, 4) is 0 Å². The Kier molecular flexibility index (Phi) is 4.77. The van der Waals surface area contributed by atoms with Crippen LogP contribution in [0.1, 0.15) is 45.5 Å². The van der Waals surface area contributed by atoms with Gasteiger partial charge in [-0.05, 0) is 26.2 Å². The number of rotatable bonds is 5. The lowest BCUT2D eigenvalue weighted by atomic mass is 10.1. The topological polar surface area (TPSA) is 59.8 Å². The van der Waals surface area contributed by atoms with Gasteiger partial charge in [0.25, 0.3) is 5.91 Å². The van der Waals surface area contributed by atoms with Crippen molar-refractivity contribution in [2.45, 2.75) is 40.7 Å². The minimum absolute atomic E-state index is 0.0421. The number of aryl methyl sites for hydroxylation is 2. The first-order valence-corrected chi connectivity index (χ1v) is 7.92. The van der Waals surface area contributed by atoms with Gasteiger partial charge in [0.05, 0.1) is 16.9 Å². The summed E-state index contributed by atoms with van der Waals surface area (Å²) in [6, 6.07) is 0. The van der Waals surface area contributed by atoms with E-state index in [9.17, 15) is 4.79 Å². The molecule has 1 N–H and O–H groups in total. The van der Waals surface area contributed by atoms with Crippen molar-refractivity contribution >= 4 is 17.2 Å². The maximum absolute atomic E-state index is 12.4. The summed E-state index contributed by atoms with van der Waals surface area (Å²) < 4.78 is 1.81. The molecule has 0 unspecified atom stereocenters. The SMILES string of the molecule is Cc1nc(CC(C)C)c(C(=O)NCc2cnn(C)c2C)s1. The van der Waals surface area contributed by atoms with Crippen LogP contribution in [0.3, 0.4) is 0 Å². The molecule has 114 valence electrons. The summed E-state index contributed by atoms with van der Waals surface area (Å²) in [6.07, 6.45) is 2.63. The van der Waals surface area contributed by atoms with Crippen LogP contribution in [0.15, 0.2) is 6.20 Å². The van der Waals surface area contributed by atoms with Gasteiger partial charge < -0.3 is 5.32 Å². The van der Waals surface area contributed by atoms with Crippen LogP contribution < -0.4 is 5.32 Å². The Bertz CT molecular complexity index is 642. The molecule has 0 spiro atoms. The molecule has 2 aromatic heterocycles. The molecule has 2 heterocycles. The lowest BCUT2D eigenvalue weighted by Crippen LogP contribution is -2.23. The highest BCUT2D eigenvalue weighted by atomic mass is 32.1. The average molecular weight is 306 g/mol. The van der Waals surface area contributed by atoms with Crippen molar-refractivity contribution in [1.29, 1.82) is 0 Å². The van der Waals surface area contributed by atoms with Gasteiger partial charge in [-0.15, -0.1) is 11.3 Å². The molecule has 0 aliphatic rings. The summed E-state index contributed by atoms with van der Waals surface area (Å²) in [5.41, 5.74) is 3.02. The van der Waals surface area contributed by atoms with Crippen LogP contribution in [0, 0.1) is 19.8 Å². The average Bonchev–Trinajstić information content (AvgIpc) is 2.91. The Morgan fingerprint density at radius 1 is 1.43 bits per heavy atom. The van der Waals surface area contributed by atoms with Crippen LogP contribution in [0.4, 0.5) is 0 Å². The Hall–Kier alpha value is -1.69. The summed E-state index contributed by atoms with van der Waals surface area (Å²) in [4.78, 5) is 17.6. The van der Waals surface area contributed by atoms with Crippen LogP contribution in [0.2, 0.25) is 0 Å². The molecule has 0 saturated carbocycles. The predicted octanol–water partition coefficient (Wildman–Crippen LogP) is 2.62. The van der Waals surface area contributed by atoms with Crippen molar-refractivity contribution in [2.24, 2.45) is 13.0 Å². The monoisotopic (exact) mass is 306 g/mol. The highest BCUT2D eigenvalue weighted by Gasteiger charge is 2.17. The third-order valence-electron chi connectivity index (χ3n) is 3.39. The van der Waals surface area contributed by atoms with Gasteiger partial charge in [0.1, 0.15) is 4.88 Å². The molecule has 1 amide bonds. The van der Waals surface area contributed by atoms with Gasteiger partial charge in [-0.2, -0.15) is 5.10 Å². The second kappa shape index (κ2) is 6.39. The molecule has 0 bridgehead atoms. The molecule has 0 atom stereocenters. The minimum Gasteiger partial charge on any atom is -0.347 e. The number of thiazole rings is 1. The highest BCUT2D eigenvalue weighted by Crippen LogP contribution is 2.21. The molecule has 2 rings (SSSR count). The van der Waals surface area contributed by atoms with E-state index in [1.165, 1.54) is 11.3 Å². The molecule has 5 nitrogen and oxygen atoms in total. The second-order valence-electron chi connectivity index (χ2n) is 5.67. The fourth-order valence-electron chi connectivity index (χ4n) is 2.15. The summed E-state index contributed by atoms with van der Waals surface area (Å²) in [6.45, 7) is 8.70. The van der Waals surface area contributed by atoms with E-state index in [1.54, 1.807) is 6.20 Å². The van der Waals surface area contributed by atoms with Crippen molar-refractivity contribution in [3.63, 3.8) is 0 Å². The van der Waals surface area contributed by atoms with Gasteiger partial charge in [-0.25, -0.2) is 4.98 Å². The number of hydrogen-bond acceptors (Lipinski definition) is 4. The van der Waals surface area contributed by atoms with Crippen molar-refractivity contribution in [1.82, 2.24) is 20.1 Å². The molecular formula is C15H22N4OS. The molecule has 0 radical (unpaired) electrons. The molecule has 0 aliphatic carbocycles. The van der Waals surface area contributed by atoms with Crippen molar-refractivity contribution in [2.75, 3.05) is 0 Å². The summed E-state index contributed by atoms with van der Waals surface area (Å²) >= 11 is 1.47. The third kappa shape index (κ3) is 3.69. The van der Waals surface area contributed by atoms with Crippen LogP contribution >= 0.6 is 11.3 Å². The number of nitrogens with one attached hydrogen (secondary N) is 1. The fourth-order valence-corrected chi connectivity index (χ4v) is 3.01. The van der Waals surface area contributed by atoms with E-state index >= 15 is 0 Å². The number of nitrogens with zero attached hydrogens (tertiary/aromatic N) is 3. The summed E-state index contributed by atoms with van der Waals surface area (Å²) in [5.74, 6) is 0.443. The quantitative estimate of drug-likeness (QED) is 0.923. The van der Waals surface area contributed by atoms with E-state index in [1.807, 2.05) is 25.6 Å². The summed E-state index contributed by atoms with van der Waals surface area (Å²) in [5, 5.41) is 8.10. The van der Waals surface area contributed by atoms with E-state index in [0.29, 0.717) is 12.5 Å². The number of amides is 1. The molecule has 0 aliphatic heterocycles. The Morgan fingerprint density at radius 2 is 2.14 bits per heavy atom. The standard InChI is InChI=1S/C15H22N4OS/c1-9(2)6-13-14(21-11(4)18-13)15(20)16-7-12-8-17-19(5)10(12)3/h8-9H,6-7H2,1-5H3,(H,16,20). The van der Waals surface area contributed by atoms with Crippen LogP contribution in [0.5, 0.6) is 0 Å². The Labute approximate surface area is 129 Å². The first kappa shape index (κ1) is 15.7. The largest absolute Gasteiger partial charge is 0.347 e. The smallest absolute Gasteiger partial charge is 0.263 e. The second-order valence-corrected chi connectivity index (χ2v) is 6.87. The maximum Gasteiger partial charge on any atom is 0.263 e. The first-order valence-electron chi connectivity index (χ1n) is 7.10. The predicted molar refractivity (Wildman–Crippen MR) is 84.5 cm³/mol. The normalized spacial score (nSPS) is 11.1. The van der Waals surface area contributed by atoms with Gasteiger partial charge in [-0.1, -0.05) is 13.8 Å². The van der Waals surface area contributed by atoms with Crippen molar-refractivity contribution in [3.05, 3.63) is 33.0 Å². The van der Waals surface area contributed by atoms with Crippen LogP contribution in [-0.2, 0) is 20.0 Å². The van der Waals surface area contributed by atoms with E-state index in [2.05, 4.69) is 29.2 Å². The Balaban J connectivity index is 2.08. The minimum atomic E-state index is -0.0421. The van der Waals surface area contributed by atoms with Gasteiger partial charge in [0.2, 0.25) is 0 Å². The number of hydrogen-bond donors (Lipinski definition) is 1.